The van der Waals surface area contributed by atoms with Crippen LogP contribution in [0.4, 0.5) is 5.69 Å². The molecule has 2 aromatic carbocycles. The first kappa shape index (κ1) is 20.4. The minimum Gasteiger partial charge on any atom is -0.493 e. The Labute approximate surface area is 161 Å². The number of rotatable bonds is 10. The molecule has 0 aromatic heterocycles. The predicted octanol–water partition coefficient (Wildman–Crippen LogP) is 2.90. The van der Waals surface area contributed by atoms with Crippen LogP contribution in [-0.2, 0) is 11.2 Å². The quantitative estimate of drug-likeness (QED) is 0.695. The Balaban J connectivity index is 1.83. The number of nitrogens with one attached hydrogen (secondary N) is 1. The monoisotopic (exact) mass is 372 g/mol. The van der Waals surface area contributed by atoms with Crippen molar-refractivity contribution >= 4 is 11.6 Å². The molecule has 146 valence electrons. The highest BCUT2D eigenvalue weighted by Gasteiger charge is 2.13. The maximum atomic E-state index is 12.1. The van der Waals surface area contributed by atoms with Crippen molar-refractivity contribution in [2.24, 2.45) is 0 Å². The summed E-state index contributed by atoms with van der Waals surface area (Å²) in [5, 5.41) is 2.97. The summed E-state index contributed by atoms with van der Waals surface area (Å²) in [6, 6.07) is 13.8. The molecule has 0 saturated carbocycles. The molecule has 0 radical (unpaired) electrons. The van der Waals surface area contributed by atoms with E-state index in [-0.39, 0.29) is 5.91 Å². The molecule has 27 heavy (non-hydrogen) atoms. The lowest BCUT2D eigenvalue weighted by atomic mass is 10.1. The van der Waals surface area contributed by atoms with Crippen LogP contribution in [0.2, 0.25) is 0 Å². The van der Waals surface area contributed by atoms with Gasteiger partial charge in [0, 0.05) is 32.2 Å². The molecule has 0 aliphatic carbocycles. The van der Waals surface area contributed by atoms with Crippen LogP contribution in [0.1, 0.15) is 12.0 Å². The maximum Gasteiger partial charge on any atom is 0.220 e. The Morgan fingerprint density at radius 2 is 1.63 bits per heavy atom. The van der Waals surface area contributed by atoms with Crippen LogP contribution in [0.5, 0.6) is 17.2 Å². The number of aryl methyl sites for hydroxylation is 1. The number of anilines is 1. The van der Waals surface area contributed by atoms with Crippen LogP contribution in [0.3, 0.4) is 0 Å². The molecular formula is C21H28N2O4. The number of benzene rings is 2. The van der Waals surface area contributed by atoms with Gasteiger partial charge in [-0.1, -0.05) is 18.2 Å². The number of carbonyl (C=O) groups is 1. The Morgan fingerprint density at radius 1 is 1.00 bits per heavy atom. The van der Waals surface area contributed by atoms with Gasteiger partial charge in [0.05, 0.1) is 21.3 Å². The van der Waals surface area contributed by atoms with Crippen molar-refractivity contribution in [1.82, 2.24) is 5.32 Å². The SMILES string of the molecule is COc1cc(CCC(=O)NCCN(C)c2ccccc2)cc(OC)c1OC. The third-order valence-corrected chi connectivity index (χ3v) is 4.33. The van der Waals surface area contributed by atoms with Gasteiger partial charge < -0.3 is 24.4 Å². The molecule has 0 spiro atoms. The smallest absolute Gasteiger partial charge is 0.220 e. The van der Waals surface area contributed by atoms with Crippen molar-refractivity contribution in [3.05, 3.63) is 48.0 Å². The van der Waals surface area contributed by atoms with Crippen molar-refractivity contribution in [2.75, 3.05) is 46.4 Å². The van der Waals surface area contributed by atoms with Gasteiger partial charge in [0.15, 0.2) is 11.5 Å². The van der Waals surface area contributed by atoms with Crippen molar-refractivity contribution in [3.63, 3.8) is 0 Å². The zero-order chi connectivity index (χ0) is 19.6. The summed E-state index contributed by atoms with van der Waals surface area (Å²) in [7, 11) is 6.74. The first-order valence-electron chi connectivity index (χ1n) is 8.90. The van der Waals surface area contributed by atoms with E-state index in [4.69, 9.17) is 14.2 Å². The van der Waals surface area contributed by atoms with Gasteiger partial charge in [-0.2, -0.15) is 0 Å². The van der Waals surface area contributed by atoms with Crippen LogP contribution >= 0.6 is 0 Å². The Morgan fingerprint density at radius 3 is 2.19 bits per heavy atom. The highest BCUT2D eigenvalue weighted by Crippen LogP contribution is 2.38. The van der Waals surface area contributed by atoms with Crippen molar-refractivity contribution in [2.45, 2.75) is 12.8 Å². The van der Waals surface area contributed by atoms with Gasteiger partial charge in [0.25, 0.3) is 0 Å². The fraction of sp³-hybridized carbons (Fsp3) is 0.381. The first-order chi connectivity index (χ1) is 13.1. The van der Waals surface area contributed by atoms with Gasteiger partial charge in [-0.25, -0.2) is 0 Å². The normalized spacial score (nSPS) is 10.2. The van der Waals surface area contributed by atoms with Crippen molar-refractivity contribution in [3.8, 4) is 17.2 Å². The lowest BCUT2D eigenvalue weighted by molar-refractivity contribution is -0.120. The number of carbonyl (C=O) groups excluding carboxylic acids is 1. The fourth-order valence-electron chi connectivity index (χ4n) is 2.80. The van der Waals surface area contributed by atoms with E-state index in [1.807, 2.05) is 49.5 Å². The lowest BCUT2D eigenvalue weighted by Gasteiger charge is -2.19. The zero-order valence-corrected chi connectivity index (χ0v) is 16.5. The van der Waals surface area contributed by atoms with E-state index >= 15 is 0 Å². The summed E-state index contributed by atoms with van der Waals surface area (Å²) in [5.41, 5.74) is 2.09. The molecular weight excluding hydrogens is 344 g/mol. The Kier molecular flexibility index (Phi) is 7.79. The number of hydrogen-bond acceptors (Lipinski definition) is 5. The highest BCUT2D eigenvalue weighted by molar-refractivity contribution is 5.76. The minimum atomic E-state index is 0.0187. The van der Waals surface area contributed by atoms with E-state index in [0.29, 0.717) is 36.6 Å². The molecule has 0 fully saturated rings. The van der Waals surface area contributed by atoms with E-state index < -0.39 is 0 Å². The molecule has 6 heteroatoms. The van der Waals surface area contributed by atoms with E-state index in [0.717, 1.165) is 17.8 Å². The van der Waals surface area contributed by atoms with Gasteiger partial charge >= 0.3 is 0 Å². The summed E-state index contributed by atoms with van der Waals surface area (Å²) < 4.78 is 16.0. The topological polar surface area (TPSA) is 60.0 Å². The van der Waals surface area contributed by atoms with Gasteiger partial charge in [0.1, 0.15) is 0 Å². The molecule has 0 unspecified atom stereocenters. The number of methoxy groups -OCH3 is 3. The van der Waals surface area contributed by atoms with E-state index in [1.165, 1.54) is 0 Å². The molecule has 0 atom stereocenters. The summed E-state index contributed by atoms with van der Waals surface area (Å²) in [6.07, 6.45) is 0.991. The highest BCUT2D eigenvalue weighted by atomic mass is 16.5. The molecule has 0 bridgehead atoms. The fourth-order valence-corrected chi connectivity index (χ4v) is 2.80. The van der Waals surface area contributed by atoms with Gasteiger partial charge in [-0.05, 0) is 36.2 Å². The summed E-state index contributed by atoms with van der Waals surface area (Å²) in [5.74, 6) is 1.76. The number of para-hydroxylation sites is 1. The van der Waals surface area contributed by atoms with Gasteiger partial charge in [0.2, 0.25) is 11.7 Å². The molecule has 6 nitrogen and oxygen atoms in total. The Hall–Kier alpha value is -2.89. The second kappa shape index (κ2) is 10.3. The van der Waals surface area contributed by atoms with E-state index in [9.17, 15) is 4.79 Å². The molecule has 0 saturated heterocycles. The number of nitrogens with zero attached hydrogens (tertiary/aromatic N) is 1. The average Bonchev–Trinajstić information content (AvgIpc) is 2.71. The summed E-state index contributed by atoms with van der Waals surface area (Å²) in [6.45, 7) is 1.35. The van der Waals surface area contributed by atoms with Crippen molar-refractivity contribution in [1.29, 1.82) is 0 Å². The Bertz CT molecular complexity index is 709. The average molecular weight is 372 g/mol. The molecule has 1 amide bonds. The second-order valence-electron chi connectivity index (χ2n) is 6.14. The second-order valence-corrected chi connectivity index (χ2v) is 6.14. The van der Waals surface area contributed by atoms with Crippen LogP contribution < -0.4 is 24.4 Å². The van der Waals surface area contributed by atoms with Crippen LogP contribution in [0.15, 0.2) is 42.5 Å². The van der Waals surface area contributed by atoms with Crippen LogP contribution in [-0.4, -0.2) is 47.4 Å². The largest absolute Gasteiger partial charge is 0.493 e. The maximum absolute atomic E-state index is 12.1. The summed E-state index contributed by atoms with van der Waals surface area (Å²) in [4.78, 5) is 14.3. The zero-order valence-electron chi connectivity index (χ0n) is 16.5. The number of likely N-dealkylation sites (N-methyl/N-ethyl adjacent to an activating group) is 1. The number of amides is 1. The lowest BCUT2D eigenvalue weighted by Crippen LogP contribution is -2.33. The molecule has 0 aliphatic rings. The molecule has 1 N–H and O–H groups in total. The van der Waals surface area contributed by atoms with E-state index in [2.05, 4.69) is 10.2 Å². The predicted molar refractivity (Wildman–Crippen MR) is 107 cm³/mol. The van der Waals surface area contributed by atoms with E-state index in [1.54, 1.807) is 21.3 Å². The molecule has 0 aliphatic heterocycles. The standard InChI is InChI=1S/C21H28N2O4/c1-23(17-8-6-5-7-9-17)13-12-22-20(24)11-10-16-14-18(25-2)21(27-4)19(15-16)26-3/h5-9,14-15H,10-13H2,1-4H3,(H,22,24). The number of ether oxygens (including phenoxy) is 3. The third-order valence-electron chi connectivity index (χ3n) is 4.33. The van der Waals surface area contributed by atoms with Gasteiger partial charge in [-0.15, -0.1) is 0 Å². The van der Waals surface area contributed by atoms with Crippen LogP contribution in [0.25, 0.3) is 0 Å². The summed E-state index contributed by atoms with van der Waals surface area (Å²) >= 11 is 0. The number of hydrogen-bond donors (Lipinski definition) is 1. The molecule has 2 aromatic rings. The van der Waals surface area contributed by atoms with Gasteiger partial charge in [-0.3, -0.25) is 4.79 Å². The first-order valence-corrected chi connectivity index (χ1v) is 8.90. The third kappa shape index (κ3) is 5.81. The molecule has 0 heterocycles. The molecule has 2 rings (SSSR count). The van der Waals surface area contributed by atoms with Crippen molar-refractivity contribution < 1.29 is 19.0 Å². The minimum absolute atomic E-state index is 0.0187. The van der Waals surface area contributed by atoms with Crippen LogP contribution in [0, 0.1) is 0 Å².